The quantitative estimate of drug-likeness (QED) is 0.0204. The van der Waals surface area contributed by atoms with Crippen LogP contribution in [0.5, 0.6) is 0 Å². The molecule has 9 N–H and O–H groups in total. The van der Waals surface area contributed by atoms with Crippen molar-refractivity contribution in [1.29, 1.82) is 0 Å². The Balaban J connectivity index is 1.72. The molecule has 2 saturated heterocycles. The topological polar surface area (TPSA) is 228 Å². The number of allylic oxidation sites excluding steroid dienone is 4. The van der Waals surface area contributed by atoms with Gasteiger partial charge in [0.25, 0.3) is 0 Å². The third-order valence-corrected chi connectivity index (χ3v) is 15.9. The highest BCUT2D eigenvalue weighted by atomic mass is 16.7. The van der Waals surface area contributed by atoms with Crippen LogP contribution in [0.2, 0.25) is 0 Å². The van der Waals surface area contributed by atoms with Gasteiger partial charge in [0.15, 0.2) is 12.6 Å². The molecule has 2 rings (SSSR count). The molecule has 2 aliphatic heterocycles. The van der Waals surface area contributed by atoms with E-state index in [9.17, 15) is 45.6 Å². The van der Waals surface area contributed by atoms with E-state index in [1.54, 1.807) is 0 Å². The third-order valence-electron chi connectivity index (χ3n) is 15.9. The summed E-state index contributed by atoms with van der Waals surface area (Å²) in [6.45, 7) is 2.88. The van der Waals surface area contributed by atoms with Crippen LogP contribution in [0.4, 0.5) is 0 Å². The smallest absolute Gasteiger partial charge is 0.220 e. The Morgan fingerprint density at radius 2 is 0.857 bits per heavy atom. The number of aliphatic hydroxyl groups excluding tert-OH is 8. The molecule has 2 heterocycles. The fourth-order valence-electron chi connectivity index (χ4n) is 10.7. The van der Waals surface area contributed by atoms with Crippen molar-refractivity contribution in [3.63, 3.8) is 0 Å². The monoisotopic (exact) mass is 1100 g/mol. The summed E-state index contributed by atoms with van der Waals surface area (Å²) >= 11 is 0. The van der Waals surface area contributed by atoms with Gasteiger partial charge in [0.1, 0.15) is 48.8 Å². The Kier molecular flexibility index (Phi) is 45.7. The van der Waals surface area contributed by atoms with E-state index in [-0.39, 0.29) is 12.5 Å². The van der Waals surface area contributed by atoms with Gasteiger partial charge in [-0.3, -0.25) is 4.79 Å². The van der Waals surface area contributed by atoms with Crippen molar-refractivity contribution < 1.29 is 64.6 Å². The lowest BCUT2D eigenvalue weighted by molar-refractivity contribution is -0.359. The summed E-state index contributed by atoms with van der Waals surface area (Å²) in [5.41, 5.74) is 0. The van der Waals surface area contributed by atoms with Gasteiger partial charge in [0.05, 0.1) is 32.0 Å². The maximum atomic E-state index is 13.3. The maximum absolute atomic E-state index is 13.3. The van der Waals surface area contributed by atoms with Crippen LogP contribution in [0.25, 0.3) is 0 Å². The molecule has 2 fully saturated rings. The third kappa shape index (κ3) is 34.5. The zero-order chi connectivity index (χ0) is 56.0. The fourth-order valence-corrected chi connectivity index (χ4v) is 10.7. The summed E-state index contributed by atoms with van der Waals surface area (Å²) in [5.74, 6) is -0.205. The zero-order valence-corrected chi connectivity index (χ0v) is 49.0. The minimum absolute atomic E-state index is 0.205. The summed E-state index contributed by atoms with van der Waals surface area (Å²) in [6.07, 6.45) is 41.7. The van der Waals surface area contributed by atoms with Gasteiger partial charge >= 0.3 is 0 Å². The summed E-state index contributed by atoms with van der Waals surface area (Å²) in [4.78, 5) is 13.3. The second-order valence-electron chi connectivity index (χ2n) is 22.9. The lowest BCUT2D eigenvalue weighted by Gasteiger charge is -2.46. The van der Waals surface area contributed by atoms with Crippen molar-refractivity contribution >= 4 is 5.91 Å². The van der Waals surface area contributed by atoms with Crippen molar-refractivity contribution in [3.05, 3.63) is 24.3 Å². The van der Waals surface area contributed by atoms with Crippen molar-refractivity contribution in [2.45, 2.75) is 351 Å². The van der Waals surface area contributed by atoms with E-state index in [2.05, 4.69) is 43.5 Å². The first-order valence-electron chi connectivity index (χ1n) is 32.1. The highest BCUT2D eigenvalue weighted by Crippen LogP contribution is 2.30. The SMILES string of the molecule is CCCCCCC/C=C\C/C=C\CCCCCCCCCCCCCC(=O)NC(COC1OC(CO)C(OC2OC(CO)C(O)C(O)C2O)C(O)C1O)C(O)CCCCCCCCCCCCCCCCCCCCCC. The molecule has 2 aliphatic rings. The maximum Gasteiger partial charge on any atom is 0.220 e. The molecule has 0 radical (unpaired) electrons. The van der Waals surface area contributed by atoms with Crippen molar-refractivity contribution in [3.8, 4) is 0 Å². The second-order valence-corrected chi connectivity index (χ2v) is 22.9. The van der Waals surface area contributed by atoms with E-state index >= 15 is 0 Å². The summed E-state index contributed by atoms with van der Waals surface area (Å²) < 4.78 is 22.9. The summed E-state index contributed by atoms with van der Waals surface area (Å²) in [6, 6.07) is -0.829. The molecule has 12 unspecified atom stereocenters. The highest BCUT2D eigenvalue weighted by molar-refractivity contribution is 5.76. The molecular weight excluding hydrogens is 979 g/mol. The van der Waals surface area contributed by atoms with Crippen LogP contribution >= 0.6 is 0 Å². The molecule has 77 heavy (non-hydrogen) atoms. The van der Waals surface area contributed by atoms with Gasteiger partial charge in [-0.05, 0) is 44.9 Å². The number of rotatable bonds is 52. The van der Waals surface area contributed by atoms with Gasteiger partial charge in [0, 0.05) is 6.42 Å². The molecule has 0 saturated carbocycles. The minimum Gasteiger partial charge on any atom is -0.394 e. The molecular formula is C63H119NO13. The van der Waals surface area contributed by atoms with E-state index in [1.807, 2.05) is 0 Å². The molecule has 0 bridgehead atoms. The molecule has 454 valence electrons. The van der Waals surface area contributed by atoms with Crippen molar-refractivity contribution in [2.24, 2.45) is 0 Å². The summed E-state index contributed by atoms with van der Waals surface area (Å²) in [7, 11) is 0. The number of carbonyl (C=O) groups excluding carboxylic acids is 1. The molecule has 14 nitrogen and oxygen atoms in total. The van der Waals surface area contributed by atoms with Crippen molar-refractivity contribution in [1.82, 2.24) is 5.32 Å². The van der Waals surface area contributed by atoms with Gasteiger partial charge in [-0.1, -0.05) is 250 Å². The first-order chi connectivity index (χ1) is 37.6. The van der Waals surface area contributed by atoms with E-state index in [1.165, 1.54) is 193 Å². The van der Waals surface area contributed by atoms with Gasteiger partial charge in [-0.2, -0.15) is 0 Å². The zero-order valence-electron chi connectivity index (χ0n) is 49.0. The van der Waals surface area contributed by atoms with Crippen LogP contribution in [0.3, 0.4) is 0 Å². The minimum atomic E-state index is -1.78. The van der Waals surface area contributed by atoms with Crippen LogP contribution in [-0.2, 0) is 23.7 Å². The van der Waals surface area contributed by atoms with Gasteiger partial charge in [-0.15, -0.1) is 0 Å². The number of aliphatic hydroxyl groups is 8. The second kappa shape index (κ2) is 49.1. The van der Waals surface area contributed by atoms with Crippen LogP contribution in [0.1, 0.15) is 277 Å². The number of nitrogens with one attached hydrogen (secondary N) is 1. The fraction of sp³-hybridized carbons (Fsp3) is 0.921. The first-order valence-corrected chi connectivity index (χ1v) is 32.1. The molecule has 1 amide bonds. The normalized spacial score (nSPS) is 24.8. The average Bonchev–Trinajstić information content (AvgIpc) is 3.44. The van der Waals surface area contributed by atoms with Gasteiger partial charge in [0.2, 0.25) is 5.91 Å². The summed E-state index contributed by atoms with van der Waals surface area (Å²) in [5, 5.41) is 87.4. The molecule has 0 aromatic rings. The van der Waals surface area contributed by atoms with Gasteiger partial charge in [-0.25, -0.2) is 0 Å². The highest BCUT2D eigenvalue weighted by Gasteiger charge is 2.51. The lowest BCUT2D eigenvalue weighted by Crippen LogP contribution is -2.65. The Bertz CT molecular complexity index is 1390. The van der Waals surface area contributed by atoms with E-state index in [0.29, 0.717) is 12.8 Å². The lowest BCUT2D eigenvalue weighted by atomic mass is 9.97. The molecule has 0 spiro atoms. The standard InChI is InChI=1S/C63H119NO13/c1-3-5-7-9-11-13-15-17-19-21-23-25-26-27-29-31-33-35-37-39-41-43-45-47-55(68)64-51(52(67)46-44-42-40-38-36-34-32-30-28-24-22-20-18-16-14-12-10-8-6-4-2)50-74-62-60(73)58(71)61(54(49-66)76-62)77-63-59(72)57(70)56(69)53(48-65)75-63/h15,17,21,23,51-54,56-63,65-67,69-73H,3-14,16,18-20,22,24-50H2,1-2H3,(H,64,68)/b17-15-,23-21-. The molecule has 0 aromatic heterocycles. The van der Waals surface area contributed by atoms with E-state index < -0.39 is 86.8 Å². The van der Waals surface area contributed by atoms with Crippen LogP contribution in [0.15, 0.2) is 24.3 Å². The number of unbranched alkanes of at least 4 members (excludes halogenated alkanes) is 35. The number of hydrogen-bond acceptors (Lipinski definition) is 13. The van der Waals surface area contributed by atoms with Gasteiger partial charge < -0.3 is 65.1 Å². The van der Waals surface area contributed by atoms with Crippen LogP contribution in [-0.4, -0.2) is 140 Å². The van der Waals surface area contributed by atoms with Crippen LogP contribution in [0, 0.1) is 0 Å². The predicted octanol–water partition coefficient (Wildman–Crippen LogP) is 11.6. The van der Waals surface area contributed by atoms with E-state index in [4.69, 9.17) is 18.9 Å². The first kappa shape index (κ1) is 71.6. The average molecular weight is 1100 g/mol. The Morgan fingerprint density at radius 3 is 1.30 bits per heavy atom. The van der Waals surface area contributed by atoms with Crippen molar-refractivity contribution in [2.75, 3.05) is 19.8 Å². The number of hydrogen-bond donors (Lipinski definition) is 9. The Labute approximate surface area is 468 Å². The molecule has 12 atom stereocenters. The number of carbonyl (C=O) groups is 1. The Morgan fingerprint density at radius 1 is 0.468 bits per heavy atom. The Hall–Kier alpha value is -1.53. The molecule has 14 heteroatoms. The largest absolute Gasteiger partial charge is 0.394 e. The number of ether oxygens (including phenoxy) is 4. The predicted molar refractivity (Wildman–Crippen MR) is 309 cm³/mol. The molecule has 0 aliphatic carbocycles. The molecule has 0 aromatic carbocycles. The van der Waals surface area contributed by atoms with E-state index in [0.717, 1.165) is 57.8 Å². The van der Waals surface area contributed by atoms with Crippen LogP contribution < -0.4 is 5.32 Å². The number of amides is 1.